The molecule has 1 aliphatic rings. The lowest BCUT2D eigenvalue weighted by atomic mass is 10.2. The Morgan fingerprint density at radius 3 is 3.15 bits per heavy atom. The van der Waals surface area contributed by atoms with E-state index in [0.717, 1.165) is 24.6 Å². The van der Waals surface area contributed by atoms with E-state index in [1.165, 1.54) is 11.3 Å². The molecule has 0 radical (unpaired) electrons. The van der Waals surface area contributed by atoms with Gasteiger partial charge in [-0.25, -0.2) is 4.98 Å². The number of amides is 1. The van der Waals surface area contributed by atoms with Crippen LogP contribution >= 0.6 is 11.3 Å². The van der Waals surface area contributed by atoms with E-state index in [9.17, 15) is 4.79 Å². The molecule has 0 spiro atoms. The van der Waals surface area contributed by atoms with Gasteiger partial charge in [0.25, 0.3) is 5.91 Å². The highest BCUT2D eigenvalue weighted by Gasteiger charge is 2.25. The predicted octanol–water partition coefficient (Wildman–Crippen LogP) is 1.03. The Morgan fingerprint density at radius 2 is 2.40 bits per heavy atom. The van der Waals surface area contributed by atoms with Crippen molar-refractivity contribution in [3.63, 3.8) is 0 Å². The molecule has 1 aliphatic heterocycles. The first-order valence-electron chi connectivity index (χ1n) is 6.49. The molecule has 1 saturated heterocycles. The minimum Gasteiger partial charge on any atom is -0.332 e. The fourth-order valence-electron chi connectivity index (χ4n) is 2.19. The molecule has 0 aliphatic carbocycles. The average Bonchev–Trinajstić information content (AvgIpc) is 2.98. The Kier molecular flexibility index (Phi) is 3.70. The third kappa shape index (κ3) is 2.54. The third-order valence-corrected chi connectivity index (χ3v) is 4.13. The molecule has 6 nitrogen and oxygen atoms in total. The number of nitrogens with one attached hydrogen (secondary N) is 1. The standard InChI is InChI=1S/C13H15N5OS/c1-9-6-15-4-5-18(9)13(19)11-8-20-12(17-11)10-7-14-2-3-16-10/h2-3,7-9,15H,4-6H2,1H3/t9-/m1/s1. The topological polar surface area (TPSA) is 71.0 Å². The van der Waals surface area contributed by atoms with Crippen LogP contribution in [0.2, 0.25) is 0 Å². The highest BCUT2D eigenvalue weighted by Crippen LogP contribution is 2.22. The summed E-state index contributed by atoms with van der Waals surface area (Å²) in [6.07, 6.45) is 4.89. The zero-order chi connectivity index (χ0) is 13.9. The third-order valence-electron chi connectivity index (χ3n) is 3.27. The van der Waals surface area contributed by atoms with E-state index < -0.39 is 0 Å². The Hall–Kier alpha value is -1.86. The number of aromatic nitrogens is 3. The average molecular weight is 289 g/mol. The molecule has 3 heterocycles. The molecule has 0 bridgehead atoms. The highest BCUT2D eigenvalue weighted by atomic mass is 32.1. The molecule has 20 heavy (non-hydrogen) atoms. The number of thiazole rings is 1. The minimum atomic E-state index is -0.00890. The molecule has 2 aromatic rings. The molecular formula is C13H15N5OS. The lowest BCUT2D eigenvalue weighted by Gasteiger charge is -2.33. The summed E-state index contributed by atoms with van der Waals surface area (Å²) in [5.74, 6) is -0.00890. The van der Waals surface area contributed by atoms with Gasteiger partial charge in [0, 0.05) is 43.4 Å². The molecule has 7 heteroatoms. The van der Waals surface area contributed by atoms with Gasteiger partial charge in [-0.1, -0.05) is 0 Å². The van der Waals surface area contributed by atoms with Crippen LogP contribution in [-0.4, -0.2) is 51.4 Å². The van der Waals surface area contributed by atoms with Crippen LogP contribution in [0.3, 0.4) is 0 Å². The van der Waals surface area contributed by atoms with E-state index in [0.29, 0.717) is 11.4 Å². The number of carbonyl (C=O) groups is 1. The maximum absolute atomic E-state index is 12.5. The van der Waals surface area contributed by atoms with Gasteiger partial charge in [-0.2, -0.15) is 0 Å². The van der Waals surface area contributed by atoms with Gasteiger partial charge >= 0.3 is 0 Å². The number of hydrogen-bond donors (Lipinski definition) is 1. The van der Waals surface area contributed by atoms with Gasteiger partial charge in [-0.05, 0) is 6.92 Å². The first-order chi connectivity index (χ1) is 9.75. The van der Waals surface area contributed by atoms with E-state index >= 15 is 0 Å². The first kappa shape index (κ1) is 13.1. The lowest BCUT2D eigenvalue weighted by Crippen LogP contribution is -2.52. The Bertz CT molecular complexity index is 600. The van der Waals surface area contributed by atoms with Gasteiger partial charge in [-0.15, -0.1) is 11.3 Å². The van der Waals surface area contributed by atoms with Crippen LogP contribution in [0.4, 0.5) is 0 Å². The normalized spacial score (nSPS) is 19.1. The molecule has 1 atom stereocenters. The monoisotopic (exact) mass is 289 g/mol. The highest BCUT2D eigenvalue weighted by molar-refractivity contribution is 7.13. The van der Waals surface area contributed by atoms with Crippen LogP contribution in [0.25, 0.3) is 10.7 Å². The summed E-state index contributed by atoms with van der Waals surface area (Å²) < 4.78 is 0. The maximum Gasteiger partial charge on any atom is 0.273 e. The number of carbonyl (C=O) groups excluding carboxylic acids is 1. The van der Waals surface area contributed by atoms with Crippen molar-refractivity contribution < 1.29 is 4.79 Å². The number of nitrogens with zero attached hydrogens (tertiary/aromatic N) is 4. The summed E-state index contributed by atoms with van der Waals surface area (Å²) in [5.41, 5.74) is 1.19. The lowest BCUT2D eigenvalue weighted by molar-refractivity contribution is 0.0650. The van der Waals surface area contributed by atoms with E-state index in [4.69, 9.17) is 0 Å². The summed E-state index contributed by atoms with van der Waals surface area (Å²) in [5, 5.41) is 5.79. The fraction of sp³-hybridized carbons (Fsp3) is 0.385. The molecule has 104 valence electrons. The molecular weight excluding hydrogens is 274 g/mol. The first-order valence-corrected chi connectivity index (χ1v) is 7.37. The van der Waals surface area contributed by atoms with E-state index in [1.54, 1.807) is 24.0 Å². The summed E-state index contributed by atoms with van der Waals surface area (Å²) in [6, 6.07) is 0.193. The maximum atomic E-state index is 12.5. The van der Waals surface area contributed by atoms with Crippen LogP contribution in [-0.2, 0) is 0 Å². The van der Waals surface area contributed by atoms with Crippen molar-refractivity contribution in [2.75, 3.05) is 19.6 Å². The van der Waals surface area contributed by atoms with Gasteiger partial charge in [0.15, 0.2) is 0 Å². The van der Waals surface area contributed by atoms with Crippen LogP contribution in [0.1, 0.15) is 17.4 Å². The molecule has 0 aromatic carbocycles. The Balaban J connectivity index is 1.81. The Labute approximate surface area is 120 Å². The zero-order valence-corrected chi connectivity index (χ0v) is 11.9. The van der Waals surface area contributed by atoms with Crippen molar-refractivity contribution in [2.24, 2.45) is 0 Å². The predicted molar refractivity (Wildman–Crippen MR) is 76.5 cm³/mol. The quantitative estimate of drug-likeness (QED) is 0.894. The zero-order valence-electron chi connectivity index (χ0n) is 11.1. The number of hydrogen-bond acceptors (Lipinski definition) is 6. The fourth-order valence-corrected chi connectivity index (χ4v) is 2.94. The van der Waals surface area contributed by atoms with Gasteiger partial charge in [0.2, 0.25) is 0 Å². The molecule has 1 amide bonds. The van der Waals surface area contributed by atoms with Gasteiger partial charge in [-0.3, -0.25) is 14.8 Å². The Morgan fingerprint density at radius 1 is 1.50 bits per heavy atom. The second-order valence-corrected chi connectivity index (χ2v) is 5.54. The van der Waals surface area contributed by atoms with Crippen molar-refractivity contribution in [2.45, 2.75) is 13.0 Å². The van der Waals surface area contributed by atoms with Crippen molar-refractivity contribution >= 4 is 17.2 Å². The van der Waals surface area contributed by atoms with E-state index in [2.05, 4.69) is 20.3 Å². The second kappa shape index (κ2) is 5.64. The van der Waals surface area contributed by atoms with Gasteiger partial charge in [0.1, 0.15) is 16.4 Å². The van der Waals surface area contributed by atoms with E-state index in [-0.39, 0.29) is 11.9 Å². The molecule has 3 rings (SSSR count). The van der Waals surface area contributed by atoms with Crippen molar-refractivity contribution in [1.29, 1.82) is 0 Å². The van der Waals surface area contributed by atoms with Crippen molar-refractivity contribution in [3.8, 4) is 10.7 Å². The molecule has 0 saturated carbocycles. The molecule has 0 unspecified atom stereocenters. The van der Waals surface area contributed by atoms with Gasteiger partial charge < -0.3 is 10.2 Å². The largest absolute Gasteiger partial charge is 0.332 e. The number of piperazine rings is 1. The smallest absolute Gasteiger partial charge is 0.273 e. The van der Waals surface area contributed by atoms with Crippen LogP contribution in [0.15, 0.2) is 24.0 Å². The molecule has 2 aromatic heterocycles. The number of rotatable bonds is 2. The summed E-state index contributed by atoms with van der Waals surface area (Å²) in [6.45, 7) is 4.42. The van der Waals surface area contributed by atoms with Crippen LogP contribution in [0.5, 0.6) is 0 Å². The summed E-state index contributed by atoms with van der Waals surface area (Å²) in [4.78, 5) is 26.9. The molecule has 1 fully saturated rings. The minimum absolute atomic E-state index is 0.00890. The van der Waals surface area contributed by atoms with Crippen LogP contribution < -0.4 is 5.32 Å². The van der Waals surface area contributed by atoms with Crippen molar-refractivity contribution in [3.05, 3.63) is 29.7 Å². The van der Waals surface area contributed by atoms with Gasteiger partial charge in [0.05, 0.1) is 6.20 Å². The SMILES string of the molecule is C[C@@H]1CNCCN1C(=O)c1csc(-c2cnccn2)n1. The van der Waals surface area contributed by atoms with Crippen molar-refractivity contribution in [1.82, 2.24) is 25.2 Å². The second-order valence-electron chi connectivity index (χ2n) is 4.68. The summed E-state index contributed by atoms with van der Waals surface area (Å²) >= 11 is 1.42. The van der Waals surface area contributed by atoms with E-state index in [1.807, 2.05) is 11.8 Å². The summed E-state index contributed by atoms with van der Waals surface area (Å²) in [7, 11) is 0. The molecule has 1 N–H and O–H groups in total. The van der Waals surface area contributed by atoms with Crippen LogP contribution in [0, 0.1) is 0 Å².